The summed E-state index contributed by atoms with van der Waals surface area (Å²) in [5.74, 6) is 1.22. The molecule has 0 radical (unpaired) electrons. The van der Waals surface area contributed by atoms with Gasteiger partial charge in [-0.15, -0.1) is 0 Å². The van der Waals surface area contributed by atoms with Crippen molar-refractivity contribution in [2.24, 2.45) is 17.6 Å². The first-order chi connectivity index (χ1) is 7.03. The second-order valence-electron chi connectivity index (χ2n) is 4.60. The molecule has 1 aliphatic carbocycles. The highest BCUT2D eigenvalue weighted by Crippen LogP contribution is 2.29. The molecule has 1 rings (SSSR count). The zero-order valence-corrected chi connectivity index (χ0v) is 10.2. The summed E-state index contributed by atoms with van der Waals surface area (Å²) in [6.45, 7) is 3.31. The van der Waals surface area contributed by atoms with Crippen LogP contribution in [-0.2, 0) is 10.0 Å². The van der Waals surface area contributed by atoms with Crippen LogP contribution in [0.4, 0.5) is 0 Å². The van der Waals surface area contributed by atoms with Gasteiger partial charge in [0.2, 0.25) is 10.0 Å². The topological polar surface area (TPSA) is 72.2 Å². The molecule has 0 aliphatic heterocycles. The predicted octanol–water partition coefficient (Wildman–Crippen LogP) is 0.691. The maximum atomic E-state index is 11.5. The molecule has 1 saturated carbocycles. The molecule has 15 heavy (non-hydrogen) atoms. The Hall–Kier alpha value is -0.130. The van der Waals surface area contributed by atoms with Gasteiger partial charge in [0.25, 0.3) is 0 Å². The molecule has 0 aromatic rings. The number of hydrogen-bond acceptors (Lipinski definition) is 3. The van der Waals surface area contributed by atoms with Gasteiger partial charge in [-0.3, -0.25) is 0 Å². The van der Waals surface area contributed by atoms with Crippen LogP contribution in [0, 0.1) is 11.8 Å². The van der Waals surface area contributed by atoms with Crippen molar-refractivity contribution < 1.29 is 8.42 Å². The lowest BCUT2D eigenvalue weighted by Gasteiger charge is -2.09. The average molecular weight is 234 g/mol. The van der Waals surface area contributed by atoms with E-state index in [9.17, 15) is 8.42 Å². The number of hydrogen-bond donors (Lipinski definition) is 2. The second-order valence-corrected chi connectivity index (χ2v) is 6.45. The van der Waals surface area contributed by atoms with Crippen LogP contribution in [0.3, 0.4) is 0 Å². The van der Waals surface area contributed by atoms with Crippen molar-refractivity contribution in [1.82, 2.24) is 4.72 Å². The second kappa shape index (κ2) is 5.82. The Morgan fingerprint density at radius 3 is 2.67 bits per heavy atom. The highest BCUT2D eigenvalue weighted by Gasteiger charge is 2.27. The standard InChI is InChI=1S/C10H22N2O2S/c1-9(7-11)3-2-6-12-15(13,14)8-10-4-5-10/h9-10,12H,2-8,11H2,1H3. The maximum Gasteiger partial charge on any atom is 0.211 e. The van der Waals surface area contributed by atoms with Crippen LogP contribution < -0.4 is 10.5 Å². The van der Waals surface area contributed by atoms with Crippen LogP contribution in [0.5, 0.6) is 0 Å². The fraction of sp³-hybridized carbons (Fsp3) is 1.00. The number of nitrogens with one attached hydrogen (secondary N) is 1. The van der Waals surface area contributed by atoms with Crippen LogP contribution in [0.25, 0.3) is 0 Å². The molecule has 0 amide bonds. The molecule has 1 atom stereocenters. The van der Waals surface area contributed by atoms with E-state index in [1.807, 2.05) is 0 Å². The summed E-state index contributed by atoms with van der Waals surface area (Å²) in [5.41, 5.74) is 5.48. The minimum Gasteiger partial charge on any atom is -0.330 e. The summed E-state index contributed by atoms with van der Waals surface area (Å²) in [7, 11) is -3.00. The van der Waals surface area contributed by atoms with Crippen LogP contribution in [-0.4, -0.2) is 27.3 Å². The fourth-order valence-electron chi connectivity index (χ4n) is 1.45. The zero-order valence-electron chi connectivity index (χ0n) is 9.41. The first-order valence-electron chi connectivity index (χ1n) is 5.71. The van der Waals surface area contributed by atoms with Crippen molar-refractivity contribution in [2.75, 3.05) is 18.8 Å². The molecular formula is C10H22N2O2S. The molecule has 1 aliphatic rings. The van der Waals surface area contributed by atoms with Gasteiger partial charge in [-0.2, -0.15) is 0 Å². The molecule has 1 fully saturated rings. The average Bonchev–Trinajstić information content (AvgIpc) is 2.95. The summed E-state index contributed by atoms with van der Waals surface area (Å²) < 4.78 is 25.6. The van der Waals surface area contributed by atoms with Gasteiger partial charge in [0, 0.05) is 6.54 Å². The Balaban J connectivity index is 2.07. The lowest BCUT2D eigenvalue weighted by molar-refractivity contribution is 0.513. The first kappa shape index (κ1) is 12.9. The molecule has 0 spiro atoms. The normalized spacial score (nSPS) is 19.1. The largest absolute Gasteiger partial charge is 0.330 e. The van der Waals surface area contributed by atoms with E-state index in [0.717, 1.165) is 25.7 Å². The molecule has 3 N–H and O–H groups in total. The Morgan fingerprint density at radius 2 is 2.13 bits per heavy atom. The quantitative estimate of drug-likeness (QED) is 0.607. The lowest BCUT2D eigenvalue weighted by Crippen LogP contribution is -2.28. The van der Waals surface area contributed by atoms with Gasteiger partial charge in [0.1, 0.15) is 0 Å². The lowest BCUT2D eigenvalue weighted by atomic mass is 10.1. The Kier molecular flexibility index (Phi) is 5.02. The van der Waals surface area contributed by atoms with E-state index in [2.05, 4.69) is 11.6 Å². The third-order valence-electron chi connectivity index (χ3n) is 2.75. The monoisotopic (exact) mass is 234 g/mol. The molecule has 90 valence electrons. The van der Waals surface area contributed by atoms with Crippen molar-refractivity contribution in [3.8, 4) is 0 Å². The van der Waals surface area contributed by atoms with Gasteiger partial charge in [-0.25, -0.2) is 13.1 Å². The van der Waals surface area contributed by atoms with Crippen molar-refractivity contribution in [3.63, 3.8) is 0 Å². The molecule has 0 bridgehead atoms. The van der Waals surface area contributed by atoms with Gasteiger partial charge in [0.05, 0.1) is 5.75 Å². The fourth-order valence-corrected chi connectivity index (χ4v) is 2.98. The van der Waals surface area contributed by atoms with E-state index in [1.165, 1.54) is 0 Å². The Bertz CT molecular complexity index is 273. The minimum absolute atomic E-state index is 0.319. The third-order valence-corrected chi connectivity index (χ3v) is 4.30. The summed E-state index contributed by atoms with van der Waals surface area (Å²) in [4.78, 5) is 0. The van der Waals surface area contributed by atoms with E-state index in [1.54, 1.807) is 0 Å². The van der Waals surface area contributed by atoms with Gasteiger partial charge in [0.15, 0.2) is 0 Å². The van der Waals surface area contributed by atoms with Gasteiger partial charge < -0.3 is 5.73 Å². The predicted molar refractivity (Wildman–Crippen MR) is 62.0 cm³/mol. The number of rotatable bonds is 8. The molecule has 0 aromatic carbocycles. The van der Waals surface area contributed by atoms with Crippen LogP contribution >= 0.6 is 0 Å². The number of nitrogens with two attached hydrogens (primary N) is 1. The Labute approximate surface area is 92.7 Å². The molecular weight excluding hydrogens is 212 g/mol. The van der Waals surface area contributed by atoms with E-state index in [-0.39, 0.29) is 0 Å². The first-order valence-corrected chi connectivity index (χ1v) is 7.36. The number of sulfonamides is 1. The molecule has 4 nitrogen and oxygen atoms in total. The smallest absolute Gasteiger partial charge is 0.211 e. The van der Waals surface area contributed by atoms with Gasteiger partial charge in [-0.1, -0.05) is 6.92 Å². The Morgan fingerprint density at radius 1 is 1.47 bits per heavy atom. The SMILES string of the molecule is CC(CN)CCCNS(=O)(=O)CC1CC1. The van der Waals surface area contributed by atoms with Crippen LogP contribution in [0.2, 0.25) is 0 Å². The zero-order chi connectivity index (χ0) is 11.3. The van der Waals surface area contributed by atoms with Crippen molar-refractivity contribution in [3.05, 3.63) is 0 Å². The summed E-state index contributed by atoms with van der Waals surface area (Å²) in [6, 6.07) is 0. The molecule has 0 saturated heterocycles. The molecule has 1 unspecified atom stereocenters. The summed E-state index contributed by atoms with van der Waals surface area (Å²) in [5, 5.41) is 0. The summed E-state index contributed by atoms with van der Waals surface area (Å²) in [6.07, 6.45) is 4.01. The highest BCUT2D eigenvalue weighted by molar-refractivity contribution is 7.89. The van der Waals surface area contributed by atoms with E-state index >= 15 is 0 Å². The highest BCUT2D eigenvalue weighted by atomic mass is 32.2. The van der Waals surface area contributed by atoms with Crippen LogP contribution in [0.15, 0.2) is 0 Å². The van der Waals surface area contributed by atoms with E-state index in [0.29, 0.717) is 30.7 Å². The third kappa shape index (κ3) is 6.12. The molecule has 0 aromatic heterocycles. The van der Waals surface area contributed by atoms with Crippen molar-refractivity contribution in [1.29, 1.82) is 0 Å². The van der Waals surface area contributed by atoms with Crippen molar-refractivity contribution >= 4 is 10.0 Å². The molecule has 0 heterocycles. The van der Waals surface area contributed by atoms with E-state index < -0.39 is 10.0 Å². The molecule has 5 heteroatoms. The van der Waals surface area contributed by atoms with Gasteiger partial charge >= 0.3 is 0 Å². The van der Waals surface area contributed by atoms with Crippen LogP contribution in [0.1, 0.15) is 32.6 Å². The van der Waals surface area contributed by atoms with Gasteiger partial charge in [-0.05, 0) is 44.1 Å². The maximum absolute atomic E-state index is 11.5. The van der Waals surface area contributed by atoms with Crippen molar-refractivity contribution in [2.45, 2.75) is 32.6 Å². The minimum atomic E-state index is -3.00. The van der Waals surface area contributed by atoms with E-state index in [4.69, 9.17) is 5.73 Å². The summed E-state index contributed by atoms with van der Waals surface area (Å²) >= 11 is 0.